The fourth-order valence-electron chi connectivity index (χ4n) is 4.95. The van der Waals surface area contributed by atoms with E-state index in [0.717, 1.165) is 5.56 Å². The molecule has 216 valence electrons. The molecule has 1 unspecified atom stereocenters. The van der Waals surface area contributed by atoms with Gasteiger partial charge < -0.3 is 19.3 Å². The van der Waals surface area contributed by atoms with Gasteiger partial charge in [-0.2, -0.15) is 26.3 Å². The number of hydrogen-bond donors (Lipinski definition) is 1. The molecule has 0 radical (unpaired) electrons. The molecule has 1 fully saturated rings. The van der Waals surface area contributed by atoms with E-state index in [-0.39, 0.29) is 43.3 Å². The number of halogens is 6. The summed E-state index contributed by atoms with van der Waals surface area (Å²) < 4.78 is 99.5. The van der Waals surface area contributed by atoms with E-state index in [4.69, 9.17) is 14.2 Å². The summed E-state index contributed by atoms with van der Waals surface area (Å²) >= 11 is 0. The standard InChI is InChI=1S/C30H30F6O4/c31-29(32,33)24-15-23(16-25(17-24)30(34,35)36)26(39-18-20-7-3-1-4-8-20)19-40-28-27(21-9-5-2-6-10-21)22(11-13-37)12-14-38-28/h1-10,15-17,22,26-28,37H,11-14,18-19H2/t22-,26?,27+,28-/m1/s1. The molecule has 4 nitrogen and oxygen atoms in total. The highest BCUT2D eigenvalue weighted by Gasteiger charge is 2.39. The van der Waals surface area contributed by atoms with E-state index in [1.807, 2.05) is 30.3 Å². The Morgan fingerprint density at radius 3 is 2.02 bits per heavy atom. The first kappa shape index (κ1) is 30.0. The third-order valence-corrected chi connectivity index (χ3v) is 6.94. The smallest absolute Gasteiger partial charge is 0.396 e. The van der Waals surface area contributed by atoms with Crippen molar-refractivity contribution >= 4 is 0 Å². The number of ether oxygens (including phenoxy) is 3. The number of aliphatic hydroxyl groups is 1. The Labute approximate surface area is 228 Å². The molecule has 0 aromatic heterocycles. The summed E-state index contributed by atoms with van der Waals surface area (Å²) in [6.07, 6.45) is -11.0. The maximum atomic E-state index is 13.6. The molecule has 0 bridgehead atoms. The SMILES string of the molecule is OCC[C@@H]1CCO[C@H](OCC(OCc2ccccc2)c2cc(C(F)(F)F)cc(C(F)(F)F)c2)[C@H]1c1ccccc1. The van der Waals surface area contributed by atoms with Gasteiger partial charge in [0.25, 0.3) is 0 Å². The van der Waals surface area contributed by atoms with Crippen LogP contribution in [0.2, 0.25) is 0 Å². The predicted molar refractivity (Wildman–Crippen MR) is 135 cm³/mol. The zero-order valence-electron chi connectivity index (χ0n) is 21.5. The zero-order chi connectivity index (χ0) is 28.8. The highest BCUT2D eigenvalue weighted by molar-refractivity contribution is 5.35. The highest BCUT2D eigenvalue weighted by atomic mass is 19.4. The second-order valence-electron chi connectivity index (χ2n) is 9.69. The van der Waals surface area contributed by atoms with Gasteiger partial charge >= 0.3 is 12.4 Å². The molecule has 3 aromatic carbocycles. The van der Waals surface area contributed by atoms with Crippen molar-refractivity contribution in [2.75, 3.05) is 19.8 Å². The molecule has 3 aromatic rings. The van der Waals surface area contributed by atoms with Crippen molar-refractivity contribution in [1.29, 1.82) is 0 Å². The molecule has 10 heteroatoms. The lowest BCUT2D eigenvalue weighted by molar-refractivity contribution is -0.204. The lowest BCUT2D eigenvalue weighted by Gasteiger charge is -2.38. The van der Waals surface area contributed by atoms with Crippen molar-refractivity contribution in [1.82, 2.24) is 0 Å². The minimum absolute atomic E-state index is 0.000210. The lowest BCUT2D eigenvalue weighted by Crippen LogP contribution is -2.38. The molecule has 0 aliphatic carbocycles. The Balaban J connectivity index is 1.65. The summed E-state index contributed by atoms with van der Waals surface area (Å²) in [5.74, 6) is -0.302. The summed E-state index contributed by atoms with van der Waals surface area (Å²) in [6, 6.07) is 19.5. The van der Waals surface area contributed by atoms with Crippen molar-refractivity contribution < 1.29 is 45.7 Å². The minimum atomic E-state index is -5.00. The molecule has 0 amide bonds. The first-order chi connectivity index (χ1) is 19.1. The van der Waals surface area contributed by atoms with E-state index in [2.05, 4.69) is 0 Å². The Morgan fingerprint density at radius 2 is 1.45 bits per heavy atom. The van der Waals surface area contributed by atoms with Crippen LogP contribution in [0.25, 0.3) is 0 Å². The molecule has 1 saturated heterocycles. The third kappa shape index (κ3) is 7.84. The topological polar surface area (TPSA) is 47.9 Å². The Kier molecular flexibility index (Phi) is 9.89. The zero-order valence-corrected chi connectivity index (χ0v) is 21.5. The summed E-state index contributed by atoms with van der Waals surface area (Å²) in [7, 11) is 0. The molecule has 0 saturated carbocycles. The lowest BCUT2D eigenvalue weighted by atomic mass is 9.80. The number of alkyl halides is 6. The normalized spacial score (nSPS) is 20.8. The van der Waals surface area contributed by atoms with Gasteiger partial charge in [0.05, 0.1) is 30.9 Å². The van der Waals surface area contributed by atoms with Crippen molar-refractivity contribution in [3.05, 3.63) is 107 Å². The van der Waals surface area contributed by atoms with Crippen molar-refractivity contribution in [2.45, 2.75) is 50.1 Å². The van der Waals surface area contributed by atoms with E-state index < -0.39 is 35.9 Å². The Bertz CT molecular complexity index is 1170. The molecule has 4 rings (SSSR count). The van der Waals surface area contributed by atoms with Crippen LogP contribution >= 0.6 is 0 Å². The Morgan fingerprint density at radius 1 is 0.850 bits per heavy atom. The highest BCUT2D eigenvalue weighted by Crippen LogP contribution is 2.41. The van der Waals surface area contributed by atoms with Gasteiger partial charge in [-0.15, -0.1) is 0 Å². The van der Waals surface area contributed by atoms with Crippen LogP contribution in [0.15, 0.2) is 78.9 Å². The van der Waals surface area contributed by atoms with E-state index in [0.29, 0.717) is 37.1 Å². The fourth-order valence-corrected chi connectivity index (χ4v) is 4.95. The molecule has 1 aliphatic rings. The van der Waals surface area contributed by atoms with Crippen LogP contribution in [-0.4, -0.2) is 31.2 Å². The van der Waals surface area contributed by atoms with Gasteiger partial charge in [0.1, 0.15) is 6.10 Å². The van der Waals surface area contributed by atoms with E-state index in [1.165, 1.54) is 0 Å². The Hall–Kier alpha value is -2.92. The van der Waals surface area contributed by atoms with Crippen LogP contribution in [0.5, 0.6) is 0 Å². The molecular weight excluding hydrogens is 538 g/mol. The molecular formula is C30H30F6O4. The molecule has 40 heavy (non-hydrogen) atoms. The number of benzene rings is 3. The summed E-state index contributed by atoms with van der Waals surface area (Å²) in [4.78, 5) is 0. The number of rotatable bonds is 10. The van der Waals surface area contributed by atoms with Gasteiger partial charge in [0, 0.05) is 12.5 Å². The van der Waals surface area contributed by atoms with E-state index in [1.54, 1.807) is 30.3 Å². The summed E-state index contributed by atoms with van der Waals surface area (Å²) in [5.41, 5.74) is -1.58. The van der Waals surface area contributed by atoms with Crippen molar-refractivity contribution in [3.63, 3.8) is 0 Å². The van der Waals surface area contributed by atoms with Gasteiger partial charge in [-0.25, -0.2) is 0 Å². The summed E-state index contributed by atoms with van der Waals surface area (Å²) in [5, 5.41) is 9.61. The van der Waals surface area contributed by atoms with Gasteiger partial charge in [-0.05, 0) is 53.6 Å². The van der Waals surface area contributed by atoms with Crippen LogP contribution in [0.4, 0.5) is 26.3 Å². The minimum Gasteiger partial charge on any atom is -0.396 e. The average molecular weight is 569 g/mol. The summed E-state index contributed by atoms with van der Waals surface area (Å²) in [6.45, 7) is -0.136. The second kappa shape index (κ2) is 13.2. The van der Waals surface area contributed by atoms with Crippen molar-refractivity contribution in [3.8, 4) is 0 Å². The van der Waals surface area contributed by atoms with E-state index >= 15 is 0 Å². The van der Waals surface area contributed by atoms with Gasteiger partial charge in [0.15, 0.2) is 6.29 Å². The van der Waals surface area contributed by atoms with E-state index in [9.17, 15) is 31.4 Å². The predicted octanol–water partition coefficient (Wildman–Crippen LogP) is 7.53. The first-order valence-corrected chi connectivity index (χ1v) is 12.9. The maximum absolute atomic E-state index is 13.6. The quantitative estimate of drug-likeness (QED) is 0.257. The number of hydrogen-bond acceptors (Lipinski definition) is 4. The first-order valence-electron chi connectivity index (χ1n) is 12.9. The number of aliphatic hydroxyl groups excluding tert-OH is 1. The van der Waals surface area contributed by atoms with Gasteiger partial charge in [-0.1, -0.05) is 60.7 Å². The average Bonchev–Trinajstić information content (AvgIpc) is 2.93. The molecule has 1 N–H and O–H groups in total. The van der Waals surface area contributed by atoms with Gasteiger partial charge in [0.2, 0.25) is 0 Å². The monoisotopic (exact) mass is 568 g/mol. The third-order valence-electron chi connectivity index (χ3n) is 6.94. The van der Waals surface area contributed by atoms with Crippen LogP contribution in [0.3, 0.4) is 0 Å². The maximum Gasteiger partial charge on any atom is 0.416 e. The fraction of sp³-hybridized carbons (Fsp3) is 0.400. The molecule has 1 heterocycles. The second-order valence-corrected chi connectivity index (χ2v) is 9.69. The van der Waals surface area contributed by atoms with Crippen molar-refractivity contribution in [2.24, 2.45) is 5.92 Å². The molecule has 1 aliphatic heterocycles. The largest absolute Gasteiger partial charge is 0.416 e. The van der Waals surface area contributed by atoms with Gasteiger partial charge in [-0.3, -0.25) is 0 Å². The van der Waals surface area contributed by atoms with Crippen LogP contribution < -0.4 is 0 Å². The van der Waals surface area contributed by atoms with Crippen LogP contribution in [-0.2, 0) is 33.2 Å². The molecule has 0 spiro atoms. The molecule has 4 atom stereocenters. The van der Waals surface area contributed by atoms with Crippen LogP contribution in [0.1, 0.15) is 52.7 Å². The van der Waals surface area contributed by atoms with Crippen LogP contribution in [0, 0.1) is 5.92 Å².